The van der Waals surface area contributed by atoms with E-state index in [0.717, 1.165) is 49.1 Å². The number of aromatic nitrogens is 2. The Morgan fingerprint density at radius 2 is 2.00 bits per heavy atom. The summed E-state index contributed by atoms with van der Waals surface area (Å²) in [5.74, 6) is 0.962. The molecule has 0 aromatic carbocycles. The van der Waals surface area contributed by atoms with Crippen molar-refractivity contribution >= 4 is 5.82 Å². The van der Waals surface area contributed by atoms with E-state index in [0.29, 0.717) is 0 Å². The van der Waals surface area contributed by atoms with Gasteiger partial charge in [0.2, 0.25) is 0 Å². The van der Waals surface area contributed by atoms with E-state index >= 15 is 0 Å². The quantitative estimate of drug-likeness (QED) is 0.867. The largest absolute Gasteiger partial charge is 0.369 e. The molecule has 1 aliphatic rings. The van der Waals surface area contributed by atoms with Crippen molar-refractivity contribution in [1.29, 1.82) is 0 Å². The van der Waals surface area contributed by atoms with Gasteiger partial charge in [0.05, 0.1) is 18.0 Å². The Kier molecular flexibility index (Phi) is 4.88. The highest BCUT2D eigenvalue weighted by molar-refractivity contribution is 5.37. The van der Waals surface area contributed by atoms with Gasteiger partial charge in [-0.2, -0.15) is 0 Å². The molecule has 2 aromatic rings. The second-order valence-electron chi connectivity index (χ2n) is 6.18. The maximum absolute atomic E-state index is 5.95. The molecule has 1 atom stereocenters. The fraction of sp³-hybridized carbons (Fsp3) is 0.444. The Labute approximate surface area is 137 Å². The number of aryl methyl sites for hydroxylation is 1. The zero-order valence-corrected chi connectivity index (χ0v) is 14.1. The molecule has 0 saturated carbocycles. The van der Waals surface area contributed by atoms with Gasteiger partial charge in [0.15, 0.2) is 0 Å². The Bertz CT molecular complexity index is 659. The first kappa shape index (κ1) is 15.9. The van der Waals surface area contributed by atoms with Crippen LogP contribution >= 0.6 is 0 Å². The number of anilines is 1. The van der Waals surface area contributed by atoms with Crippen molar-refractivity contribution in [3.63, 3.8) is 0 Å². The van der Waals surface area contributed by atoms with Crippen LogP contribution in [0.3, 0.4) is 0 Å². The molecule has 0 bridgehead atoms. The maximum Gasteiger partial charge on any atom is 0.128 e. The molecule has 3 rings (SSSR count). The summed E-state index contributed by atoms with van der Waals surface area (Å²) in [5.41, 5.74) is 3.17. The van der Waals surface area contributed by atoms with Gasteiger partial charge in [0.1, 0.15) is 11.9 Å². The van der Waals surface area contributed by atoms with Crippen molar-refractivity contribution in [3.8, 4) is 0 Å². The predicted molar refractivity (Wildman–Crippen MR) is 91.5 cm³/mol. The van der Waals surface area contributed by atoms with E-state index in [9.17, 15) is 0 Å². The number of nitrogens with zero attached hydrogens (tertiary/aromatic N) is 4. The summed E-state index contributed by atoms with van der Waals surface area (Å²) in [6, 6.07) is 12.3. The molecule has 0 amide bonds. The molecule has 0 unspecified atom stereocenters. The summed E-state index contributed by atoms with van der Waals surface area (Å²) >= 11 is 0. The number of rotatable bonds is 4. The van der Waals surface area contributed by atoms with Crippen molar-refractivity contribution < 1.29 is 4.74 Å². The second kappa shape index (κ2) is 7.06. The number of ether oxygens (including phenoxy) is 1. The molecule has 3 heterocycles. The zero-order chi connectivity index (χ0) is 16.2. The Hall–Kier alpha value is -1.98. The molecule has 1 saturated heterocycles. The lowest BCUT2D eigenvalue weighted by Gasteiger charge is -2.32. The molecule has 0 N–H and O–H groups in total. The molecule has 0 spiro atoms. The van der Waals surface area contributed by atoms with Crippen LogP contribution in [0.4, 0.5) is 5.82 Å². The normalized spacial score (nSPS) is 18.8. The lowest BCUT2D eigenvalue weighted by atomic mass is 10.1. The number of hydrogen-bond donors (Lipinski definition) is 0. The summed E-state index contributed by atoms with van der Waals surface area (Å²) in [6.45, 7) is 5.39. The summed E-state index contributed by atoms with van der Waals surface area (Å²) in [6.07, 6.45) is 0.0217. The average molecular weight is 312 g/mol. The van der Waals surface area contributed by atoms with E-state index in [-0.39, 0.29) is 6.10 Å². The van der Waals surface area contributed by atoms with E-state index < -0.39 is 0 Å². The monoisotopic (exact) mass is 312 g/mol. The molecule has 1 aliphatic heterocycles. The minimum absolute atomic E-state index is 0.0217. The van der Waals surface area contributed by atoms with Crippen LogP contribution in [0.1, 0.15) is 23.2 Å². The third-order valence-corrected chi connectivity index (χ3v) is 4.03. The smallest absolute Gasteiger partial charge is 0.128 e. The van der Waals surface area contributed by atoms with Gasteiger partial charge in [0, 0.05) is 39.4 Å². The molecular weight excluding hydrogens is 288 g/mol. The lowest BCUT2D eigenvalue weighted by Crippen LogP contribution is -2.38. The van der Waals surface area contributed by atoms with Gasteiger partial charge >= 0.3 is 0 Å². The van der Waals surface area contributed by atoms with Crippen molar-refractivity contribution in [1.82, 2.24) is 14.9 Å². The fourth-order valence-electron chi connectivity index (χ4n) is 2.81. The topological polar surface area (TPSA) is 41.5 Å². The van der Waals surface area contributed by atoms with E-state index in [1.807, 2.05) is 50.2 Å². The maximum atomic E-state index is 5.95. The Balaban J connectivity index is 1.69. The lowest BCUT2D eigenvalue weighted by molar-refractivity contribution is -0.0353. The van der Waals surface area contributed by atoms with Gasteiger partial charge < -0.3 is 9.64 Å². The third-order valence-electron chi connectivity index (χ3n) is 4.03. The molecule has 1 fully saturated rings. The van der Waals surface area contributed by atoms with Gasteiger partial charge in [-0.05, 0) is 31.2 Å². The molecule has 23 heavy (non-hydrogen) atoms. The van der Waals surface area contributed by atoms with Crippen molar-refractivity contribution in [2.45, 2.75) is 19.6 Å². The number of morpholine rings is 1. The highest BCUT2D eigenvalue weighted by Gasteiger charge is 2.23. The minimum atomic E-state index is 0.0217. The van der Waals surface area contributed by atoms with Gasteiger partial charge in [-0.25, -0.2) is 4.98 Å². The number of pyridine rings is 2. The van der Waals surface area contributed by atoms with Crippen LogP contribution in [0.25, 0.3) is 0 Å². The predicted octanol–water partition coefficient (Wildman–Crippen LogP) is 2.42. The molecule has 0 aliphatic carbocycles. The standard InChI is InChI=1S/C18H24N4O/c1-14-6-4-7-15(19-14)12-22-10-11-23-17(13-22)16-8-5-9-18(20-16)21(2)3/h4-9,17H,10-13H2,1-3H3/t17-/m1/s1. The van der Waals surface area contributed by atoms with Gasteiger partial charge in [-0.3, -0.25) is 9.88 Å². The molecular formula is C18H24N4O. The summed E-state index contributed by atoms with van der Waals surface area (Å²) in [7, 11) is 4.01. The fourth-order valence-corrected chi connectivity index (χ4v) is 2.81. The summed E-state index contributed by atoms with van der Waals surface area (Å²) in [5, 5.41) is 0. The van der Waals surface area contributed by atoms with Crippen LogP contribution < -0.4 is 4.90 Å². The van der Waals surface area contributed by atoms with Crippen LogP contribution in [0.15, 0.2) is 36.4 Å². The molecule has 2 aromatic heterocycles. The minimum Gasteiger partial charge on any atom is -0.369 e. The first-order valence-electron chi connectivity index (χ1n) is 8.02. The second-order valence-corrected chi connectivity index (χ2v) is 6.18. The molecule has 5 heteroatoms. The van der Waals surface area contributed by atoms with Crippen molar-refractivity contribution in [3.05, 3.63) is 53.5 Å². The van der Waals surface area contributed by atoms with Crippen LogP contribution in [-0.4, -0.2) is 48.7 Å². The third kappa shape index (κ3) is 4.06. The van der Waals surface area contributed by atoms with Crippen LogP contribution in [0, 0.1) is 6.92 Å². The Morgan fingerprint density at radius 3 is 2.78 bits per heavy atom. The van der Waals surface area contributed by atoms with Crippen LogP contribution in [0.2, 0.25) is 0 Å². The first-order chi connectivity index (χ1) is 11.1. The van der Waals surface area contributed by atoms with Crippen molar-refractivity contribution in [2.24, 2.45) is 0 Å². The van der Waals surface area contributed by atoms with E-state index in [4.69, 9.17) is 9.72 Å². The SMILES string of the molecule is Cc1cccc(CN2CCO[C@@H](c3cccc(N(C)C)n3)C2)n1. The molecule has 0 radical (unpaired) electrons. The number of hydrogen-bond acceptors (Lipinski definition) is 5. The summed E-state index contributed by atoms with van der Waals surface area (Å²) < 4.78 is 5.95. The van der Waals surface area contributed by atoms with Gasteiger partial charge in [0.25, 0.3) is 0 Å². The van der Waals surface area contributed by atoms with E-state index in [1.165, 1.54) is 0 Å². The highest BCUT2D eigenvalue weighted by Crippen LogP contribution is 2.23. The van der Waals surface area contributed by atoms with Gasteiger partial charge in [-0.1, -0.05) is 12.1 Å². The van der Waals surface area contributed by atoms with E-state index in [2.05, 4.69) is 22.0 Å². The van der Waals surface area contributed by atoms with Gasteiger partial charge in [-0.15, -0.1) is 0 Å². The average Bonchev–Trinajstić information content (AvgIpc) is 2.55. The highest BCUT2D eigenvalue weighted by atomic mass is 16.5. The molecule has 5 nitrogen and oxygen atoms in total. The van der Waals surface area contributed by atoms with Crippen molar-refractivity contribution in [2.75, 3.05) is 38.7 Å². The molecule has 122 valence electrons. The van der Waals surface area contributed by atoms with Crippen LogP contribution in [0.5, 0.6) is 0 Å². The van der Waals surface area contributed by atoms with Crippen LogP contribution in [-0.2, 0) is 11.3 Å². The zero-order valence-electron chi connectivity index (χ0n) is 14.1. The Morgan fingerprint density at radius 1 is 1.17 bits per heavy atom. The summed E-state index contributed by atoms with van der Waals surface area (Å²) in [4.78, 5) is 13.7. The first-order valence-corrected chi connectivity index (χ1v) is 8.02. The van der Waals surface area contributed by atoms with E-state index in [1.54, 1.807) is 0 Å².